The van der Waals surface area contributed by atoms with Crippen molar-refractivity contribution in [2.24, 2.45) is 0 Å². The number of benzene rings is 1. The molecule has 0 heterocycles. The molecule has 4 heteroatoms. The molecule has 1 atom stereocenters. The first-order chi connectivity index (χ1) is 9.63. The molecule has 1 N–H and O–H groups in total. The van der Waals surface area contributed by atoms with Crippen molar-refractivity contribution >= 4 is 21.6 Å². The van der Waals surface area contributed by atoms with Crippen LogP contribution in [0.3, 0.4) is 0 Å². The van der Waals surface area contributed by atoms with Crippen molar-refractivity contribution in [2.75, 3.05) is 24.5 Å². The summed E-state index contributed by atoms with van der Waals surface area (Å²) in [7, 11) is 0. The molecule has 0 amide bonds. The van der Waals surface area contributed by atoms with Crippen LogP contribution in [0.4, 0.5) is 5.69 Å². The van der Waals surface area contributed by atoms with Crippen molar-refractivity contribution in [3.05, 3.63) is 28.2 Å². The zero-order valence-corrected chi connectivity index (χ0v) is 14.2. The number of rotatable bonds is 8. The molecule has 110 valence electrons. The smallest absolute Gasteiger partial charge is 0.0640 e. The van der Waals surface area contributed by atoms with Crippen LogP contribution >= 0.6 is 15.9 Å². The Balaban J connectivity index is 2.83. The second kappa shape index (κ2) is 8.99. The third kappa shape index (κ3) is 4.81. The first-order valence-electron chi connectivity index (χ1n) is 7.28. The SMILES string of the molecule is CCCNC(C)c1ccc(N(CC)CCC#N)cc1Br. The molecule has 20 heavy (non-hydrogen) atoms. The standard InChI is InChI=1S/C16H24BrN3/c1-4-10-19-13(3)15-8-7-14(12-16(15)17)20(5-2)11-6-9-18/h7-8,12-13,19H,4-6,10-11H2,1-3H3. The number of nitrogens with one attached hydrogen (secondary N) is 1. The minimum absolute atomic E-state index is 0.340. The van der Waals surface area contributed by atoms with Gasteiger partial charge >= 0.3 is 0 Å². The third-order valence-corrected chi connectivity index (χ3v) is 4.08. The van der Waals surface area contributed by atoms with Gasteiger partial charge in [0.25, 0.3) is 0 Å². The summed E-state index contributed by atoms with van der Waals surface area (Å²) < 4.78 is 1.13. The average molecular weight is 338 g/mol. The average Bonchev–Trinajstić information content (AvgIpc) is 2.45. The van der Waals surface area contributed by atoms with E-state index in [4.69, 9.17) is 5.26 Å². The molecule has 0 saturated heterocycles. The predicted octanol–water partition coefficient (Wildman–Crippen LogP) is 4.25. The van der Waals surface area contributed by atoms with Gasteiger partial charge in [-0.2, -0.15) is 5.26 Å². The van der Waals surface area contributed by atoms with Gasteiger partial charge in [0.15, 0.2) is 0 Å². The molecule has 0 aliphatic rings. The van der Waals surface area contributed by atoms with Crippen LogP contribution in [0.15, 0.2) is 22.7 Å². The van der Waals surface area contributed by atoms with Crippen molar-refractivity contribution in [3.63, 3.8) is 0 Å². The summed E-state index contributed by atoms with van der Waals surface area (Å²) in [6, 6.07) is 9.01. The van der Waals surface area contributed by atoms with Gasteiger partial charge in [0.1, 0.15) is 0 Å². The van der Waals surface area contributed by atoms with Crippen molar-refractivity contribution in [1.29, 1.82) is 5.26 Å². The second-order valence-electron chi connectivity index (χ2n) is 4.87. The van der Waals surface area contributed by atoms with E-state index in [2.05, 4.69) is 71.2 Å². The maximum Gasteiger partial charge on any atom is 0.0640 e. The van der Waals surface area contributed by atoms with Crippen LogP contribution < -0.4 is 10.2 Å². The Morgan fingerprint density at radius 3 is 2.70 bits per heavy atom. The fourth-order valence-electron chi connectivity index (χ4n) is 2.19. The molecule has 0 aliphatic heterocycles. The van der Waals surface area contributed by atoms with Gasteiger partial charge in [-0.25, -0.2) is 0 Å². The summed E-state index contributed by atoms with van der Waals surface area (Å²) in [6.45, 7) is 9.19. The number of hydrogen-bond acceptors (Lipinski definition) is 3. The molecule has 0 saturated carbocycles. The first kappa shape index (κ1) is 17.0. The highest BCUT2D eigenvalue weighted by atomic mass is 79.9. The molecular formula is C16H24BrN3. The highest BCUT2D eigenvalue weighted by Crippen LogP contribution is 2.28. The molecular weight excluding hydrogens is 314 g/mol. The summed E-state index contributed by atoms with van der Waals surface area (Å²) in [4.78, 5) is 2.22. The van der Waals surface area contributed by atoms with Crippen LogP contribution in [-0.2, 0) is 0 Å². The number of halogens is 1. The lowest BCUT2D eigenvalue weighted by atomic mass is 10.1. The summed E-state index contributed by atoms with van der Waals surface area (Å²) >= 11 is 3.67. The quantitative estimate of drug-likeness (QED) is 0.770. The maximum absolute atomic E-state index is 8.72. The van der Waals surface area contributed by atoms with E-state index in [1.165, 1.54) is 11.3 Å². The molecule has 0 spiro atoms. The Kier molecular flexibility index (Phi) is 7.64. The topological polar surface area (TPSA) is 39.1 Å². The fraction of sp³-hybridized carbons (Fsp3) is 0.562. The molecule has 0 aliphatic carbocycles. The van der Waals surface area contributed by atoms with Crippen LogP contribution in [0.5, 0.6) is 0 Å². The Morgan fingerprint density at radius 1 is 1.40 bits per heavy atom. The number of anilines is 1. The monoisotopic (exact) mass is 337 g/mol. The molecule has 0 fully saturated rings. The molecule has 0 aromatic heterocycles. The largest absolute Gasteiger partial charge is 0.371 e. The summed E-state index contributed by atoms with van der Waals surface area (Å²) in [6.07, 6.45) is 1.69. The van der Waals surface area contributed by atoms with Crippen LogP contribution in [-0.4, -0.2) is 19.6 Å². The first-order valence-corrected chi connectivity index (χ1v) is 8.08. The normalized spacial score (nSPS) is 11.9. The Labute approximate surface area is 131 Å². The molecule has 3 nitrogen and oxygen atoms in total. The van der Waals surface area contributed by atoms with E-state index in [1.54, 1.807) is 0 Å². The predicted molar refractivity (Wildman–Crippen MR) is 89.0 cm³/mol. The molecule has 0 bridgehead atoms. The van der Waals surface area contributed by atoms with Gasteiger partial charge in [-0.15, -0.1) is 0 Å². The number of nitrogens with zero attached hydrogens (tertiary/aromatic N) is 2. The molecule has 1 unspecified atom stereocenters. The maximum atomic E-state index is 8.72. The lowest BCUT2D eigenvalue weighted by Gasteiger charge is -2.24. The van der Waals surface area contributed by atoms with E-state index in [0.717, 1.165) is 30.5 Å². The fourth-order valence-corrected chi connectivity index (χ4v) is 2.90. The van der Waals surface area contributed by atoms with E-state index in [-0.39, 0.29) is 0 Å². The minimum Gasteiger partial charge on any atom is -0.371 e. The zero-order chi connectivity index (χ0) is 15.0. The Hall–Kier alpha value is -1.05. The summed E-state index contributed by atoms with van der Waals surface area (Å²) in [5.41, 5.74) is 2.44. The summed E-state index contributed by atoms with van der Waals surface area (Å²) in [5, 5.41) is 12.2. The lowest BCUT2D eigenvalue weighted by molar-refractivity contribution is 0.569. The van der Waals surface area contributed by atoms with E-state index < -0.39 is 0 Å². The lowest BCUT2D eigenvalue weighted by Crippen LogP contribution is -2.24. The minimum atomic E-state index is 0.340. The van der Waals surface area contributed by atoms with Gasteiger partial charge in [0.05, 0.1) is 12.5 Å². The zero-order valence-electron chi connectivity index (χ0n) is 12.6. The molecule has 1 aromatic rings. The summed E-state index contributed by atoms with van der Waals surface area (Å²) in [5.74, 6) is 0. The van der Waals surface area contributed by atoms with Crippen LogP contribution in [0.1, 0.15) is 45.2 Å². The van der Waals surface area contributed by atoms with Gasteiger partial charge < -0.3 is 10.2 Å². The van der Waals surface area contributed by atoms with Gasteiger partial charge in [-0.1, -0.05) is 28.9 Å². The van der Waals surface area contributed by atoms with Crippen molar-refractivity contribution in [1.82, 2.24) is 5.32 Å². The number of nitriles is 1. The van der Waals surface area contributed by atoms with Crippen LogP contribution in [0.25, 0.3) is 0 Å². The van der Waals surface area contributed by atoms with Gasteiger partial charge in [-0.05, 0) is 44.5 Å². The van der Waals surface area contributed by atoms with Crippen molar-refractivity contribution < 1.29 is 0 Å². The van der Waals surface area contributed by atoms with Gasteiger partial charge in [0, 0.05) is 29.3 Å². The second-order valence-corrected chi connectivity index (χ2v) is 5.72. The van der Waals surface area contributed by atoms with Crippen LogP contribution in [0, 0.1) is 11.3 Å². The molecule has 1 aromatic carbocycles. The van der Waals surface area contributed by atoms with Gasteiger partial charge in [0.2, 0.25) is 0 Å². The number of hydrogen-bond donors (Lipinski definition) is 1. The Morgan fingerprint density at radius 2 is 2.15 bits per heavy atom. The van der Waals surface area contributed by atoms with Gasteiger partial charge in [-0.3, -0.25) is 0 Å². The Bertz CT molecular complexity index is 454. The van der Waals surface area contributed by atoms with Crippen molar-refractivity contribution in [2.45, 2.75) is 39.7 Å². The highest BCUT2D eigenvalue weighted by Gasteiger charge is 2.11. The van der Waals surface area contributed by atoms with Crippen LogP contribution in [0.2, 0.25) is 0 Å². The molecule has 0 radical (unpaired) electrons. The third-order valence-electron chi connectivity index (χ3n) is 3.39. The highest BCUT2D eigenvalue weighted by molar-refractivity contribution is 9.10. The van der Waals surface area contributed by atoms with E-state index in [0.29, 0.717) is 12.5 Å². The van der Waals surface area contributed by atoms with E-state index in [1.807, 2.05) is 0 Å². The van der Waals surface area contributed by atoms with E-state index in [9.17, 15) is 0 Å². The van der Waals surface area contributed by atoms with Crippen molar-refractivity contribution in [3.8, 4) is 6.07 Å². The van der Waals surface area contributed by atoms with E-state index >= 15 is 0 Å². The molecule has 1 rings (SSSR count).